The first-order valence-electron chi connectivity index (χ1n) is 9.72. The fraction of sp³-hybridized carbons (Fsp3) is 0.800. The van der Waals surface area contributed by atoms with E-state index in [4.69, 9.17) is 9.47 Å². The van der Waals surface area contributed by atoms with Crippen LogP contribution in [0.3, 0.4) is 0 Å². The third kappa shape index (κ3) is 1.74. The average molecular weight is 378 g/mol. The lowest BCUT2D eigenvalue weighted by Gasteiger charge is -2.67. The van der Waals surface area contributed by atoms with Gasteiger partial charge in [0.05, 0.1) is 6.61 Å². The number of rotatable bonds is 0. The van der Waals surface area contributed by atoms with Crippen LogP contribution in [-0.4, -0.2) is 57.8 Å². The standard InChI is InChI=1S/C20H26O7/c1-8-4-12(21)16(24)18(3)10(8)5-13-19-7-26-20(25,17(18)19)15(23)9(2)11(19)6-14(22)27-13/h4,9-11,13,15-17,23-25H,5-7H2,1-3H3/t9-,10+,11+,13-,15-,16+,17-,18-,19-,20+/m1/s1. The molecule has 2 aliphatic heterocycles. The van der Waals surface area contributed by atoms with Gasteiger partial charge in [-0.3, -0.25) is 9.59 Å². The Balaban J connectivity index is 1.78. The molecule has 2 heterocycles. The number of hydrogen-bond acceptors (Lipinski definition) is 7. The van der Waals surface area contributed by atoms with Crippen molar-refractivity contribution in [2.45, 2.75) is 57.7 Å². The van der Waals surface area contributed by atoms with E-state index in [1.54, 1.807) is 0 Å². The minimum Gasteiger partial charge on any atom is -0.462 e. The first kappa shape index (κ1) is 17.8. The highest BCUT2D eigenvalue weighted by molar-refractivity contribution is 5.96. The number of esters is 1. The number of fused-ring (bicyclic) bond motifs is 1. The number of aliphatic hydroxyl groups is 3. The minimum absolute atomic E-state index is 0.143. The van der Waals surface area contributed by atoms with Crippen molar-refractivity contribution in [2.24, 2.45) is 34.5 Å². The second-order valence-corrected chi connectivity index (χ2v) is 9.53. The predicted molar refractivity (Wildman–Crippen MR) is 91.0 cm³/mol. The maximum absolute atomic E-state index is 12.5. The van der Waals surface area contributed by atoms with Gasteiger partial charge in [-0.05, 0) is 37.2 Å². The molecule has 0 aromatic heterocycles. The zero-order chi connectivity index (χ0) is 19.5. The fourth-order valence-corrected chi connectivity index (χ4v) is 7.54. The van der Waals surface area contributed by atoms with E-state index in [-0.39, 0.29) is 42.5 Å². The lowest BCUT2D eigenvalue weighted by Crippen LogP contribution is -2.75. The van der Waals surface area contributed by atoms with Crippen LogP contribution in [0.2, 0.25) is 0 Å². The molecule has 0 aromatic rings. The molecule has 0 amide bonds. The molecule has 148 valence electrons. The molecule has 5 aliphatic rings. The Kier molecular flexibility index (Phi) is 3.30. The van der Waals surface area contributed by atoms with Crippen molar-refractivity contribution in [2.75, 3.05) is 6.61 Å². The second kappa shape index (κ2) is 5.00. The van der Waals surface area contributed by atoms with Gasteiger partial charge in [0, 0.05) is 23.2 Å². The van der Waals surface area contributed by atoms with Crippen LogP contribution in [0.25, 0.3) is 0 Å². The monoisotopic (exact) mass is 378 g/mol. The molecule has 2 saturated heterocycles. The number of ether oxygens (including phenoxy) is 2. The van der Waals surface area contributed by atoms with Crippen LogP contribution in [0.15, 0.2) is 11.6 Å². The van der Waals surface area contributed by atoms with E-state index >= 15 is 0 Å². The number of aliphatic hydroxyl groups excluding tert-OH is 2. The smallest absolute Gasteiger partial charge is 0.306 e. The normalized spacial score (nSPS) is 58.9. The quantitative estimate of drug-likeness (QED) is 0.515. The molecule has 4 fully saturated rings. The highest BCUT2D eigenvalue weighted by Crippen LogP contribution is 2.73. The van der Waals surface area contributed by atoms with E-state index in [9.17, 15) is 24.9 Å². The van der Waals surface area contributed by atoms with Gasteiger partial charge in [0.25, 0.3) is 0 Å². The Labute approximate surface area is 157 Å². The number of ketones is 1. The van der Waals surface area contributed by atoms with Gasteiger partial charge in [0.15, 0.2) is 11.6 Å². The van der Waals surface area contributed by atoms with Crippen molar-refractivity contribution in [1.29, 1.82) is 0 Å². The first-order valence-corrected chi connectivity index (χ1v) is 9.72. The van der Waals surface area contributed by atoms with E-state index < -0.39 is 40.8 Å². The topological polar surface area (TPSA) is 113 Å². The van der Waals surface area contributed by atoms with Crippen LogP contribution >= 0.6 is 0 Å². The summed E-state index contributed by atoms with van der Waals surface area (Å²) in [6.45, 7) is 5.62. The molecule has 0 unspecified atom stereocenters. The highest BCUT2D eigenvalue weighted by atomic mass is 16.6. The lowest BCUT2D eigenvalue weighted by molar-refractivity contribution is -0.332. The Morgan fingerprint density at radius 1 is 1.26 bits per heavy atom. The van der Waals surface area contributed by atoms with Gasteiger partial charge in [-0.15, -0.1) is 0 Å². The zero-order valence-electron chi connectivity index (χ0n) is 15.7. The molecular formula is C20H26O7. The summed E-state index contributed by atoms with van der Waals surface area (Å²) >= 11 is 0. The largest absolute Gasteiger partial charge is 0.462 e. The molecule has 7 heteroatoms. The van der Waals surface area contributed by atoms with Gasteiger partial charge >= 0.3 is 5.97 Å². The number of carbonyl (C=O) groups excluding carboxylic acids is 2. The summed E-state index contributed by atoms with van der Waals surface area (Å²) < 4.78 is 11.6. The maximum atomic E-state index is 12.5. The molecule has 2 saturated carbocycles. The van der Waals surface area contributed by atoms with E-state index in [0.717, 1.165) is 5.57 Å². The van der Waals surface area contributed by atoms with Gasteiger partial charge < -0.3 is 24.8 Å². The minimum atomic E-state index is -1.88. The summed E-state index contributed by atoms with van der Waals surface area (Å²) in [5, 5.41) is 33.5. The van der Waals surface area contributed by atoms with Gasteiger partial charge in [0.2, 0.25) is 0 Å². The van der Waals surface area contributed by atoms with Gasteiger partial charge in [-0.25, -0.2) is 0 Å². The fourth-order valence-electron chi connectivity index (χ4n) is 7.54. The van der Waals surface area contributed by atoms with Crippen molar-refractivity contribution < 1.29 is 34.4 Å². The Morgan fingerprint density at radius 2 is 1.96 bits per heavy atom. The SMILES string of the molecule is CC1=CC(=O)[C@H](O)[C@]2(C)[C@H]3[C@@]4(O)OC[C@@]35[C@@H](C[C@@H]12)OC(=O)C[C@H]5[C@@H](C)[C@H]4O. The highest BCUT2D eigenvalue weighted by Gasteiger charge is 2.81. The van der Waals surface area contributed by atoms with Crippen molar-refractivity contribution in [3.8, 4) is 0 Å². The molecule has 1 spiro atoms. The van der Waals surface area contributed by atoms with E-state index in [1.807, 2.05) is 20.8 Å². The first-order chi connectivity index (χ1) is 12.6. The second-order valence-electron chi connectivity index (χ2n) is 9.53. The van der Waals surface area contributed by atoms with E-state index in [1.165, 1.54) is 6.08 Å². The number of carbonyl (C=O) groups is 2. The molecule has 5 rings (SSSR count). The van der Waals surface area contributed by atoms with E-state index in [0.29, 0.717) is 6.42 Å². The molecule has 2 bridgehead atoms. The zero-order valence-corrected chi connectivity index (χ0v) is 15.7. The van der Waals surface area contributed by atoms with E-state index in [2.05, 4.69) is 0 Å². The van der Waals surface area contributed by atoms with Gasteiger partial charge in [0.1, 0.15) is 18.3 Å². The van der Waals surface area contributed by atoms with Crippen molar-refractivity contribution in [1.82, 2.24) is 0 Å². The number of hydrogen-bond donors (Lipinski definition) is 3. The van der Waals surface area contributed by atoms with Crippen molar-refractivity contribution in [3.63, 3.8) is 0 Å². The molecular weight excluding hydrogens is 352 g/mol. The Morgan fingerprint density at radius 3 is 2.67 bits per heavy atom. The third-order valence-electron chi connectivity index (χ3n) is 8.61. The van der Waals surface area contributed by atoms with Gasteiger partial charge in [-0.1, -0.05) is 19.4 Å². The van der Waals surface area contributed by atoms with Crippen LogP contribution in [0.5, 0.6) is 0 Å². The summed E-state index contributed by atoms with van der Waals surface area (Å²) in [6.07, 6.45) is -0.917. The van der Waals surface area contributed by atoms with Crippen LogP contribution in [-0.2, 0) is 19.1 Å². The molecule has 0 aromatic carbocycles. The van der Waals surface area contributed by atoms with Crippen LogP contribution in [0.4, 0.5) is 0 Å². The summed E-state index contributed by atoms with van der Waals surface area (Å²) in [7, 11) is 0. The molecule has 3 N–H and O–H groups in total. The van der Waals surface area contributed by atoms with Crippen molar-refractivity contribution >= 4 is 11.8 Å². The lowest BCUT2D eigenvalue weighted by atomic mass is 9.38. The van der Waals surface area contributed by atoms with Crippen molar-refractivity contribution in [3.05, 3.63) is 11.6 Å². The van der Waals surface area contributed by atoms with Crippen LogP contribution in [0.1, 0.15) is 33.6 Å². The molecule has 3 aliphatic carbocycles. The molecule has 10 atom stereocenters. The van der Waals surface area contributed by atoms with Crippen LogP contribution in [0, 0.1) is 34.5 Å². The molecule has 7 nitrogen and oxygen atoms in total. The summed E-state index contributed by atoms with van der Waals surface area (Å²) in [4.78, 5) is 24.9. The number of allylic oxidation sites excluding steroid dienone is 1. The Bertz CT molecular complexity index is 776. The molecule has 27 heavy (non-hydrogen) atoms. The molecule has 0 radical (unpaired) electrons. The third-order valence-corrected chi connectivity index (χ3v) is 8.61. The Hall–Kier alpha value is -1.28. The summed E-state index contributed by atoms with van der Waals surface area (Å²) in [6, 6.07) is 0. The summed E-state index contributed by atoms with van der Waals surface area (Å²) in [5.41, 5.74) is -0.927. The van der Waals surface area contributed by atoms with Gasteiger partial charge in [-0.2, -0.15) is 0 Å². The summed E-state index contributed by atoms with van der Waals surface area (Å²) in [5.74, 6) is -4.15. The maximum Gasteiger partial charge on any atom is 0.306 e. The average Bonchev–Trinajstić information content (AvgIpc) is 2.90. The predicted octanol–water partition coefficient (Wildman–Crippen LogP) is 0.166. The van der Waals surface area contributed by atoms with Crippen LogP contribution < -0.4 is 0 Å².